The lowest BCUT2D eigenvalue weighted by Crippen LogP contribution is -2.30. The zero-order valence-corrected chi connectivity index (χ0v) is 12.8. The Hall–Kier alpha value is -2.76. The Balaban J connectivity index is 2.05. The standard InChI is InChI=1S/C18H17F2NO3/c19-14-5-1-12(2-6-14)11-17(22)21-16(9-10-18(23)24)13-3-7-15(20)8-4-13/h1-8,16H,9-11H2,(H,21,22)(H,23,24). The van der Waals surface area contributed by atoms with Gasteiger partial charge in [-0.25, -0.2) is 8.78 Å². The van der Waals surface area contributed by atoms with Gasteiger partial charge in [-0.05, 0) is 41.8 Å². The van der Waals surface area contributed by atoms with E-state index in [1.165, 1.54) is 48.5 Å². The summed E-state index contributed by atoms with van der Waals surface area (Å²) >= 11 is 0. The van der Waals surface area contributed by atoms with Crippen LogP contribution in [-0.4, -0.2) is 17.0 Å². The predicted molar refractivity (Wildman–Crippen MR) is 84.3 cm³/mol. The van der Waals surface area contributed by atoms with Gasteiger partial charge in [-0.1, -0.05) is 24.3 Å². The molecule has 2 rings (SSSR count). The number of carbonyl (C=O) groups excluding carboxylic acids is 1. The summed E-state index contributed by atoms with van der Waals surface area (Å²) in [5.41, 5.74) is 1.27. The van der Waals surface area contributed by atoms with Crippen LogP contribution in [0.25, 0.3) is 0 Å². The monoisotopic (exact) mass is 333 g/mol. The van der Waals surface area contributed by atoms with E-state index in [2.05, 4.69) is 5.32 Å². The van der Waals surface area contributed by atoms with Gasteiger partial charge in [0.15, 0.2) is 0 Å². The number of hydrogen-bond acceptors (Lipinski definition) is 2. The molecule has 2 aromatic carbocycles. The topological polar surface area (TPSA) is 66.4 Å². The number of amides is 1. The molecule has 1 unspecified atom stereocenters. The first-order valence-electron chi connectivity index (χ1n) is 7.45. The van der Waals surface area contributed by atoms with Gasteiger partial charge in [-0.2, -0.15) is 0 Å². The Morgan fingerprint density at radius 2 is 1.50 bits per heavy atom. The number of carboxylic acid groups (broad SMARTS) is 1. The lowest BCUT2D eigenvalue weighted by molar-refractivity contribution is -0.137. The van der Waals surface area contributed by atoms with Crippen molar-refractivity contribution in [2.45, 2.75) is 25.3 Å². The molecule has 6 heteroatoms. The minimum atomic E-state index is -0.977. The van der Waals surface area contributed by atoms with Crippen molar-refractivity contribution in [1.29, 1.82) is 0 Å². The third kappa shape index (κ3) is 5.46. The summed E-state index contributed by atoms with van der Waals surface area (Å²) in [7, 11) is 0. The minimum Gasteiger partial charge on any atom is -0.481 e. The lowest BCUT2D eigenvalue weighted by Gasteiger charge is -2.18. The second kappa shape index (κ2) is 8.19. The highest BCUT2D eigenvalue weighted by atomic mass is 19.1. The van der Waals surface area contributed by atoms with Gasteiger partial charge >= 0.3 is 5.97 Å². The van der Waals surface area contributed by atoms with E-state index in [-0.39, 0.29) is 31.0 Å². The van der Waals surface area contributed by atoms with Crippen LogP contribution >= 0.6 is 0 Å². The molecule has 0 spiro atoms. The number of nitrogens with one attached hydrogen (secondary N) is 1. The van der Waals surface area contributed by atoms with Gasteiger partial charge in [0, 0.05) is 6.42 Å². The second-order valence-corrected chi connectivity index (χ2v) is 5.41. The molecular formula is C18H17F2NO3. The van der Waals surface area contributed by atoms with E-state index in [1.54, 1.807) is 0 Å². The first-order chi connectivity index (χ1) is 11.4. The summed E-state index contributed by atoms with van der Waals surface area (Å²) in [6.45, 7) is 0. The van der Waals surface area contributed by atoms with Crippen molar-refractivity contribution in [3.8, 4) is 0 Å². The predicted octanol–water partition coefficient (Wildman–Crippen LogP) is 3.23. The highest BCUT2D eigenvalue weighted by Gasteiger charge is 2.16. The number of rotatable bonds is 7. The maximum absolute atomic E-state index is 13.0. The number of carbonyl (C=O) groups is 2. The number of halogens is 2. The Kier molecular flexibility index (Phi) is 6.01. The van der Waals surface area contributed by atoms with Crippen LogP contribution in [0.1, 0.15) is 30.0 Å². The summed E-state index contributed by atoms with van der Waals surface area (Å²) in [4.78, 5) is 23.0. The summed E-state index contributed by atoms with van der Waals surface area (Å²) in [5, 5.41) is 11.6. The fraction of sp³-hybridized carbons (Fsp3) is 0.222. The molecule has 0 radical (unpaired) electrons. The van der Waals surface area contributed by atoms with E-state index in [1.807, 2.05) is 0 Å². The van der Waals surface area contributed by atoms with Gasteiger partial charge in [-0.3, -0.25) is 9.59 Å². The van der Waals surface area contributed by atoms with Crippen molar-refractivity contribution < 1.29 is 23.5 Å². The van der Waals surface area contributed by atoms with Crippen LogP contribution in [0, 0.1) is 11.6 Å². The molecular weight excluding hydrogens is 316 g/mol. The Labute approximate surface area is 138 Å². The summed E-state index contributed by atoms with van der Waals surface area (Å²) in [6.07, 6.45) is 0.111. The molecule has 0 bridgehead atoms. The Bertz CT molecular complexity index is 699. The van der Waals surface area contributed by atoms with Crippen LogP contribution < -0.4 is 5.32 Å². The first kappa shape index (κ1) is 17.6. The van der Waals surface area contributed by atoms with Crippen LogP contribution in [0.5, 0.6) is 0 Å². The van der Waals surface area contributed by atoms with Crippen LogP contribution in [0.15, 0.2) is 48.5 Å². The molecule has 0 aliphatic rings. The summed E-state index contributed by atoms with van der Waals surface area (Å²) in [6, 6.07) is 10.6. The molecule has 1 atom stereocenters. The third-order valence-electron chi connectivity index (χ3n) is 3.53. The molecule has 0 aromatic heterocycles. The molecule has 0 aliphatic heterocycles. The summed E-state index contributed by atoms with van der Waals surface area (Å²) in [5.74, 6) is -2.09. The molecule has 2 aromatic rings. The van der Waals surface area contributed by atoms with Crippen LogP contribution in [0.3, 0.4) is 0 Å². The van der Waals surface area contributed by atoms with Crippen molar-refractivity contribution in [1.82, 2.24) is 5.32 Å². The minimum absolute atomic E-state index is 0.0467. The highest BCUT2D eigenvalue weighted by molar-refractivity contribution is 5.79. The average Bonchev–Trinajstić information content (AvgIpc) is 2.54. The van der Waals surface area contributed by atoms with E-state index in [4.69, 9.17) is 5.11 Å². The molecule has 2 N–H and O–H groups in total. The van der Waals surface area contributed by atoms with Gasteiger partial charge in [-0.15, -0.1) is 0 Å². The van der Waals surface area contributed by atoms with E-state index in [9.17, 15) is 18.4 Å². The van der Waals surface area contributed by atoms with Crippen molar-refractivity contribution in [2.75, 3.05) is 0 Å². The molecule has 24 heavy (non-hydrogen) atoms. The fourth-order valence-electron chi connectivity index (χ4n) is 2.32. The van der Waals surface area contributed by atoms with Crippen molar-refractivity contribution >= 4 is 11.9 Å². The van der Waals surface area contributed by atoms with Crippen LogP contribution in [0.2, 0.25) is 0 Å². The number of aliphatic carboxylic acids is 1. The number of carboxylic acids is 1. The first-order valence-corrected chi connectivity index (χ1v) is 7.45. The van der Waals surface area contributed by atoms with E-state index >= 15 is 0 Å². The molecule has 1 amide bonds. The highest BCUT2D eigenvalue weighted by Crippen LogP contribution is 2.19. The van der Waals surface area contributed by atoms with Gasteiger partial charge in [0.1, 0.15) is 11.6 Å². The molecule has 0 aliphatic carbocycles. The molecule has 126 valence electrons. The van der Waals surface area contributed by atoms with Gasteiger partial charge < -0.3 is 10.4 Å². The second-order valence-electron chi connectivity index (χ2n) is 5.41. The largest absolute Gasteiger partial charge is 0.481 e. The third-order valence-corrected chi connectivity index (χ3v) is 3.53. The SMILES string of the molecule is O=C(O)CCC(NC(=O)Cc1ccc(F)cc1)c1ccc(F)cc1. The van der Waals surface area contributed by atoms with E-state index < -0.39 is 17.8 Å². The van der Waals surface area contributed by atoms with Gasteiger partial charge in [0.05, 0.1) is 12.5 Å². The van der Waals surface area contributed by atoms with Crippen molar-refractivity contribution in [2.24, 2.45) is 0 Å². The van der Waals surface area contributed by atoms with Crippen molar-refractivity contribution in [3.63, 3.8) is 0 Å². The van der Waals surface area contributed by atoms with Gasteiger partial charge in [0.2, 0.25) is 5.91 Å². The van der Waals surface area contributed by atoms with Gasteiger partial charge in [0.25, 0.3) is 0 Å². The number of hydrogen-bond donors (Lipinski definition) is 2. The smallest absolute Gasteiger partial charge is 0.303 e. The van der Waals surface area contributed by atoms with Crippen LogP contribution in [0.4, 0.5) is 8.78 Å². The lowest BCUT2D eigenvalue weighted by atomic mass is 10.0. The van der Waals surface area contributed by atoms with Crippen molar-refractivity contribution in [3.05, 3.63) is 71.3 Å². The maximum Gasteiger partial charge on any atom is 0.303 e. The average molecular weight is 333 g/mol. The fourth-order valence-corrected chi connectivity index (χ4v) is 2.32. The normalized spacial score (nSPS) is 11.8. The maximum atomic E-state index is 13.0. The number of benzene rings is 2. The Morgan fingerprint density at radius 3 is 2.04 bits per heavy atom. The quantitative estimate of drug-likeness (QED) is 0.817. The Morgan fingerprint density at radius 1 is 0.958 bits per heavy atom. The molecule has 4 nitrogen and oxygen atoms in total. The summed E-state index contributed by atoms with van der Waals surface area (Å²) < 4.78 is 25.9. The molecule has 0 saturated heterocycles. The zero-order chi connectivity index (χ0) is 17.5. The zero-order valence-electron chi connectivity index (χ0n) is 12.8. The van der Waals surface area contributed by atoms with Crippen LogP contribution in [-0.2, 0) is 16.0 Å². The molecule has 0 heterocycles. The van der Waals surface area contributed by atoms with E-state index in [0.717, 1.165) is 0 Å². The van der Waals surface area contributed by atoms with E-state index in [0.29, 0.717) is 11.1 Å². The molecule has 0 fully saturated rings. The molecule has 0 saturated carbocycles.